The van der Waals surface area contributed by atoms with E-state index in [0.717, 1.165) is 18.2 Å². The first-order valence-corrected chi connectivity index (χ1v) is 5.65. The van der Waals surface area contributed by atoms with Gasteiger partial charge in [0.15, 0.2) is 23.3 Å². The van der Waals surface area contributed by atoms with E-state index in [9.17, 15) is 31.1 Å². The second-order valence-electron chi connectivity index (χ2n) is 3.88. The molecule has 2 aromatic carbocycles. The molecule has 0 aliphatic carbocycles. The van der Waals surface area contributed by atoms with Crippen molar-refractivity contribution in [1.82, 2.24) is 0 Å². The summed E-state index contributed by atoms with van der Waals surface area (Å²) in [6, 6.07) is 2.51. The normalized spacial score (nSPS) is 10.8. The highest BCUT2D eigenvalue weighted by Crippen LogP contribution is 2.34. The summed E-state index contributed by atoms with van der Waals surface area (Å²) in [6.45, 7) is 0. The summed E-state index contributed by atoms with van der Waals surface area (Å²) >= 11 is 5.09. The Morgan fingerprint density at radius 2 is 1.29 bits per heavy atom. The zero-order chi connectivity index (χ0) is 15.9. The van der Waals surface area contributed by atoms with Gasteiger partial charge in [0, 0.05) is 5.56 Å². The van der Waals surface area contributed by atoms with Crippen LogP contribution in [0.15, 0.2) is 18.2 Å². The van der Waals surface area contributed by atoms with Gasteiger partial charge in [0.1, 0.15) is 5.82 Å². The van der Waals surface area contributed by atoms with Crippen molar-refractivity contribution in [3.8, 4) is 11.1 Å². The number of rotatable bonds is 2. The van der Waals surface area contributed by atoms with Crippen molar-refractivity contribution >= 4 is 16.8 Å². The van der Waals surface area contributed by atoms with Crippen molar-refractivity contribution in [1.29, 1.82) is 0 Å². The fourth-order valence-corrected chi connectivity index (χ4v) is 1.97. The molecule has 0 aromatic heterocycles. The van der Waals surface area contributed by atoms with Gasteiger partial charge in [-0.15, -0.1) is 0 Å². The van der Waals surface area contributed by atoms with Crippen LogP contribution in [0.4, 0.5) is 26.3 Å². The summed E-state index contributed by atoms with van der Waals surface area (Å²) in [6.07, 6.45) is 0. The highest BCUT2D eigenvalue weighted by atomic mass is 35.5. The van der Waals surface area contributed by atoms with E-state index in [0.29, 0.717) is 0 Å². The van der Waals surface area contributed by atoms with E-state index >= 15 is 0 Å². The first-order valence-electron chi connectivity index (χ1n) is 5.27. The monoisotopic (exact) mass is 324 g/mol. The summed E-state index contributed by atoms with van der Waals surface area (Å²) in [5, 5.41) is -1.44. The molecule has 0 bridgehead atoms. The lowest BCUT2D eigenvalue weighted by atomic mass is 9.98. The number of carbonyl (C=O) groups is 1. The molecule has 0 fully saturated rings. The average molecular weight is 325 g/mol. The minimum absolute atomic E-state index is 0.755. The lowest BCUT2D eigenvalue weighted by Gasteiger charge is -2.11. The molecule has 0 aliphatic heterocycles. The molecule has 8 heteroatoms. The molecule has 0 saturated carbocycles. The molecule has 0 radical (unpaired) electrons. The largest absolute Gasteiger partial charge is 0.275 e. The average Bonchev–Trinajstić information content (AvgIpc) is 2.43. The predicted molar refractivity (Wildman–Crippen MR) is 61.8 cm³/mol. The van der Waals surface area contributed by atoms with Gasteiger partial charge in [0.05, 0.1) is 11.1 Å². The van der Waals surface area contributed by atoms with E-state index in [1.165, 1.54) is 0 Å². The molecule has 2 aromatic rings. The zero-order valence-electron chi connectivity index (χ0n) is 9.79. The third-order valence-electron chi connectivity index (χ3n) is 2.69. The molecule has 0 amide bonds. The van der Waals surface area contributed by atoms with Crippen molar-refractivity contribution < 1.29 is 31.1 Å². The summed E-state index contributed by atoms with van der Waals surface area (Å²) in [5.41, 5.74) is -3.24. The highest BCUT2D eigenvalue weighted by molar-refractivity contribution is 6.68. The van der Waals surface area contributed by atoms with E-state index in [2.05, 4.69) is 0 Å². The van der Waals surface area contributed by atoms with Gasteiger partial charge in [0.25, 0.3) is 5.24 Å². The van der Waals surface area contributed by atoms with Crippen molar-refractivity contribution in [3.63, 3.8) is 0 Å². The molecule has 0 atom stereocenters. The van der Waals surface area contributed by atoms with Crippen LogP contribution >= 0.6 is 11.6 Å². The number of hydrogen-bond acceptors (Lipinski definition) is 1. The fourth-order valence-electron chi connectivity index (χ4n) is 1.77. The highest BCUT2D eigenvalue weighted by Gasteiger charge is 2.29. The van der Waals surface area contributed by atoms with Crippen molar-refractivity contribution in [3.05, 3.63) is 58.7 Å². The SMILES string of the molecule is O=C(Cl)c1c(F)cccc1-c1c(F)c(F)c(F)c(F)c1F. The van der Waals surface area contributed by atoms with Crippen LogP contribution in [-0.4, -0.2) is 5.24 Å². The third kappa shape index (κ3) is 2.37. The van der Waals surface area contributed by atoms with E-state index in [1.807, 2.05) is 0 Å². The molecule has 0 heterocycles. The van der Waals surface area contributed by atoms with E-state index in [4.69, 9.17) is 11.6 Å². The summed E-state index contributed by atoms with van der Waals surface area (Å²) in [5.74, 6) is -12.4. The minimum atomic E-state index is -2.36. The number of hydrogen-bond donors (Lipinski definition) is 0. The van der Waals surface area contributed by atoms with Crippen LogP contribution in [-0.2, 0) is 0 Å². The van der Waals surface area contributed by atoms with Crippen molar-refractivity contribution in [2.24, 2.45) is 0 Å². The lowest BCUT2D eigenvalue weighted by Crippen LogP contribution is -2.07. The summed E-state index contributed by atoms with van der Waals surface area (Å²) in [4.78, 5) is 11.1. The molecule has 21 heavy (non-hydrogen) atoms. The number of halogens is 7. The molecular formula is C13H3ClF6O. The molecule has 1 nitrogen and oxygen atoms in total. The molecule has 110 valence electrons. The second-order valence-corrected chi connectivity index (χ2v) is 4.22. The van der Waals surface area contributed by atoms with E-state index < -0.39 is 56.8 Å². The van der Waals surface area contributed by atoms with Gasteiger partial charge in [-0.3, -0.25) is 4.79 Å². The van der Waals surface area contributed by atoms with Gasteiger partial charge < -0.3 is 0 Å². The van der Waals surface area contributed by atoms with Crippen LogP contribution in [0.3, 0.4) is 0 Å². The molecular weight excluding hydrogens is 322 g/mol. The fraction of sp³-hybridized carbons (Fsp3) is 0. The smallest absolute Gasteiger partial charge is 0.255 e. The van der Waals surface area contributed by atoms with Crippen LogP contribution in [0, 0.1) is 34.9 Å². The van der Waals surface area contributed by atoms with Crippen molar-refractivity contribution in [2.75, 3.05) is 0 Å². The van der Waals surface area contributed by atoms with Crippen LogP contribution in [0.25, 0.3) is 11.1 Å². The van der Waals surface area contributed by atoms with Gasteiger partial charge >= 0.3 is 0 Å². The Bertz CT molecular complexity index is 730. The predicted octanol–water partition coefficient (Wildman–Crippen LogP) is 4.57. The Morgan fingerprint density at radius 1 is 0.810 bits per heavy atom. The standard InChI is InChI=1S/C13H3ClF6O/c14-13(21)6-4(2-1-3-5(6)15)7-8(16)10(18)12(20)11(19)9(7)17/h1-3H. The Morgan fingerprint density at radius 3 is 1.76 bits per heavy atom. The van der Waals surface area contributed by atoms with Crippen LogP contribution in [0.1, 0.15) is 10.4 Å². The van der Waals surface area contributed by atoms with Gasteiger partial charge in [-0.25, -0.2) is 26.3 Å². The first-order chi connectivity index (χ1) is 9.77. The molecule has 0 N–H and O–H groups in total. The molecule has 0 aliphatic rings. The lowest BCUT2D eigenvalue weighted by molar-refractivity contribution is 0.107. The third-order valence-corrected chi connectivity index (χ3v) is 2.88. The first kappa shape index (κ1) is 15.4. The Kier molecular flexibility index (Phi) is 3.95. The van der Waals surface area contributed by atoms with Gasteiger partial charge in [-0.2, -0.15) is 0 Å². The topological polar surface area (TPSA) is 17.1 Å². The van der Waals surface area contributed by atoms with Crippen LogP contribution in [0.5, 0.6) is 0 Å². The van der Waals surface area contributed by atoms with Crippen molar-refractivity contribution in [2.45, 2.75) is 0 Å². The quantitative estimate of drug-likeness (QED) is 0.342. The molecule has 2 rings (SSSR count). The Labute approximate surface area is 118 Å². The minimum Gasteiger partial charge on any atom is -0.275 e. The van der Waals surface area contributed by atoms with Crippen LogP contribution in [0.2, 0.25) is 0 Å². The zero-order valence-corrected chi connectivity index (χ0v) is 10.5. The van der Waals surface area contributed by atoms with Gasteiger partial charge in [-0.1, -0.05) is 12.1 Å². The summed E-state index contributed by atoms with van der Waals surface area (Å²) < 4.78 is 80.1. The van der Waals surface area contributed by atoms with E-state index in [-0.39, 0.29) is 0 Å². The molecule has 0 saturated heterocycles. The molecule has 0 spiro atoms. The maximum absolute atomic E-state index is 13.7. The maximum Gasteiger partial charge on any atom is 0.255 e. The second kappa shape index (κ2) is 5.40. The number of benzene rings is 2. The van der Waals surface area contributed by atoms with Crippen LogP contribution < -0.4 is 0 Å². The maximum atomic E-state index is 13.7. The van der Waals surface area contributed by atoms with E-state index in [1.54, 1.807) is 0 Å². The Balaban J connectivity index is 2.93. The number of carbonyl (C=O) groups excluding carboxylic acids is 1. The van der Waals surface area contributed by atoms with Gasteiger partial charge in [-0.05, 0) is 17.7 Å². The summed E-state index contributed by atoms with van der Waals surface area (Å²) in [7, 11) is 0. The Hall–Kier alpha value is -2.02. The molecule has 0 unspecified atom stereocenters. The van der Waals surface area contributed by atoms with Gasteiger partial charge in [0.2, 0.25) is 5.82 Å².